The first kappa shape index (κ1) is 22.3. The van der Waals surface area contributed by atoms with E-state index in [0.717, 1.165) is 28.7 Å². The van der Waals surface area contributed by atoms with E-state index in [1.807, 2.05) is 87.5 Å². The van der Waals surface area contributed by atoms with Crippen molar-refractivity contribution in [3.63, 3.8) is 0 Å². The summed E-state index contributed by atoms with van der Waals surface area (Å²) in [5, 5.41) is 3.23. The molecule has 1 heterocycles. The third-order valence-corrected chi connectivity index (χ3v) is 5.78. The highest BCUT2D eigenvalue weighted by Crippen LogP contribution is 2.37. The summed E-state index contributed by atoms with van der Waals surface area (Å²) >= 11 is 0. The van der Waals surface area contributed by atoms with Crippen molar-refractivity contribution in [1.29, 1.82) is 0 Å². The molecule has 1 aliphatic rings. The Morgan fingerprint density at radius 3 is 2.27 bits per heavy atom. The Balaban J connectivity index is 1.84. The lowest BCUT2D eigenvalue weighted by Crippen LogP contribution is -2.32. The Morgan fingerprint density at radius 1 is 0.879 bits per heavy atom. The smallest absolute Gasteiger partial charge is 0.282 e. The molecule has 0 saturated heterocycles. The van der Waals surface area contributed by atoms with Crippen molar-refractivity contribution < 1.29 is 14.3 Å². The van der Waals surface area contributed by atoms with Crippen LogP contribution < -0.4 is 15.0 Å². The van der Waals surface area contributed by atoms with Gasteiger partial charge in [0.05, 0.1) is 23.6 Å². The molecule has 3 aromatic carbocycles. The topological polar surface area (TPSA) is 58.6 Å². The van der Waals surface area contributed by atoms with Crippen LogP contribution in [0.5, 0.6) is 5.75 Å². The highest BCUT2D eigenvalue weighted by atomic mass is 16.5. The predicted octanol–water partition coefficient (Wildman–Crippen LogP) is 5.66. The molecule has 0 aliphatic carbocycles. The number of para-hydroxylation sites is 2. The maximum Gasteiger partial charge on any atom is 0.282 e. The number of nitrogens with one attached hydrogen (secondary N) is 1. The predicted molar refractivity (Wildman–Crippen MR) is 132 cm³/mol. The number of imide groups is 1. The van der Waals surface area contributed by atoms with Crippen molar-refractivity contribution in [1.82, 2.24) is 0 Å². The van der Waals surface area contributed by atoms with Crippen LogP contribution >= 0.6 is 0 Å². The molecule has 33 heavy (non-hydrogen) atoms. The summed E-state index contributed by atoms with van der Waals surface area (Å²) in [6.45, 7) is 8.43. The third kappa shape index (κ3) is 4.27. The second kappa shape index (κ2) is 9.33. The average molecular weight is 441 g/mol. The Bertz CT molecular complexity index is 1240. The molecular formula is C28H28N2O3. The number of hydrogen-bond acceptors (Lipinski definition) is 4. The molecule has 5 nitrogen and oxygen atoms in total. The number of anilines is 2. The zero-order valence-electron chi connectivity index (χ0n) is 19.4. The van der Waals surface area contributed by atoms with Crippen LogP contribution in [0.15, 0.2) is 72.4 Å². The minimum Gasteiger partial charge on any atom is -0.492 e. The van der Waals surface area contributed by atoms with Gasteiger partial charge in [-0.25, -0.2) is 4.90 Å². The number of nitrogens with zero attached hydrogens (tertiary/aromatic N) is 1. The molecule has 0 atom stereocenters. The van der Waals surface area contributed by atoms with E-state index < -0.39 is 0 Å². The van der Waals surface area contributed by atoms with E-state index >= 15 is 0 Å². The number of carbonyl (C=O) groups excluding carboxylic acids is 2. The van der Waals surface area contributed by atoms with Gasteiger partial charge in [-0.05, 0) is 68.1 Å². The first-order chi connectivity index (χ1) is 15.9. The Kier molecular flexibility index (Phi) is 6.31. The van der Waals surface area contributed by atoms with Gasteiger partial charge in [0.25, 0.3) is 11.8 Å². The van der Waals surface area contributed by atoms with E-state index in [1.54, 1.807) is 0 Å². The van der Waals surface area contributed by atoms with Crippen molar-refractivity contribution in [2.45, 2.75) is 34.1 Å². The molecule has 5 heteroatoms. The Hall–Kier alpha value is -3.86. The van der Waals surface area contributed by atoms with Gasteiger partial charge in [-0.3, -0.25) is 9.59 Å². The maximum absolute atomic E-state index is 13.7. The molecule has 3 aromatic rings. The van der Waals surface area contributed by atoms with E-state index in [2.05, 4.69) is 12.2 Å². The van der Waals surface area contributed by atoms with Crippen LogP contribution in [0.4, 0.5) is 11.4 Å². The van der Waals surface area contributed by atoms with Gasteiger partial charge >= 0.3 is 0 Å². The summed E-state index contributed by atoms with van der Waals surface area (Å²) in [4.78, 5) is 28.6. The van der Waals surface area contributed by atoms with E-state index in [4.69, 9.17) is 4.74 Å². The van der Waals surface area contributed by atoms with Crippen molar-refractivity contribution >= 4 is 28.8 Å². The van der Waals surface area contributed by atoms with Crippen LogP contribution in [0.25, 0.3) is 5.57 Å². The average Bonchev–Trinajstić information content (AvgIpc) is 3.05. The molecule has 1 N–H and O–H groups in total. The van der Waals surface area contributed by atoms with Gasteiger partial charge in [-0.15, -0.1) is 0 Å². The number of aryl methyl sites for hydroxylation is 3. The van der Waals surface area contributed by atoms with Gasteiger partial charge in [-0.1, -0.05) is 55.0 Å². The van der Waals surface area contributed by atoms with Gasteiger partial charge in [0.15, 0.2) is 0 Å². The lowest BCUT2D eigenvalue weighted by molar-refractivity contribution is -0.120. The van der Waals surface area contributed by atoms with Gasteiger partial charge in [0.2, 0.25) is 0 Å². The van der Waals surface area contributed by atoms with Crippen LogP contribution in [0.3, 0.4) is 0 Å². The number of amides is 2. The summed E-state index contributed by atoms with van der Waals surface area (Å²) in [5.41, 5.74) is 5.72. The van der Waals surface area contributed by atoms with Crippen LogP contribution in [0.2, 0.25) is 0 Å². The zero-order chi connectivity index (χ0) is 23.5. The molecule has 4 rings (SSSR count). The summed E-state index contributed by atoms with van der Waals surface area (Å²) < 4.78 is 5.73. The fourth-order valence-corrected chi connectivity index (χ4v) is 4.09. The van der Waals surface area contributed by atoms with Gasteiger partial charge in [0.1, 0.15) is 11.4 Å². The van der Waals surface area contributed by atoms with Crippen molar-refractivity contribution in [2.24, 2.45) is 0 Å². The molecule has 2 amide bonds. The van der Waals surface area contributed by atoms with E-state index in [-0.39, 0.29) is 17.5 Å². The normalized spacial score (nSPS) is 13.6. The number of hydrogen-bond donors (Lipinski definition) is 1. The molecule has 0 unspecified atom stereocenters. The van der Waals surface area contributed by atoms with Gasteiger partial charge in [-0.2, -0.15) is 0 Å². The SMILES string of the molecule is CCOc1ccccc1NC1=C(c2ccc(C)cc2C)C(=O)N(c2ccc(CC)cc2)C1=O. The Labute approximate surface area is 194 Å². The number of rotatable bonds is 7. The largest absolute Gasteiger partial charge is 0.492 e. The summed E-state index contributed by atoms with van der Waals surface area (Å²) in [6, 6.07) is 20.8. The lowest BCUT2D eigenvalue weighted by atomic mass is 9.97. The monoisotopic (exact) mass is 440 g/mol. The number of ether oxygens (including phenoxy) is 1. The second-order valence-electron chi connectivity index (χ2n) is 8.09. The summed E-state index contributed by atoms with van der Waals surface area (Å²) in [7, 11) is 0. The molecular weight excluding hydrogens is 412 g/mol. The molecule has 0 saturated carbocycles. The van der Waals surface area contributed by atoms with E-state index in [0.29, 0.717) is 29.3 Å². The highest BCUT2D eigenvalue weighted by molar-refractivity contribution is 6.46. The molecule has 0 fully saturated rings. The number of benzene rings is 3. The van der Waals surface area contributed by atoms with Gasteiger partial charge in [0, 0.05) is 0 Å². The van der Waals surface area contributed by atoms with E-state index in [1.165, 1.54) is 4.90 Å². The highest BCUT2D eigenvalue weighted by Gasteiger charge is 2.41. The van der Waals surface area contributed by atoms with Crippen LogP contribution in [-0.4, -0.2) is 18.4 Å². The van der Waals surface area contributed by atoms with E-state index in [9.17, 15) is 9.59 Å². The fourth-order valence-electron chi connectivity index (χ4n) is 4.09. The van der Waals surface area contributed by atoms with Crippen LogP contribution in [0, 0.1) is 13.8 Å². The molecule has 0 aromatic heterocycles. The van der Waals surface area contributed by atoms with Crippen LogP contribution in [0.1, 0.15) is 36.1 Å². The van der Waals surface area contributed by atoms with Gasteiger partial charge < -0.3 is 10.1 Å². The van der Waals surface area contributed by atoms with Crippen molar-refractivity contribution in [2.75, 3.05) is 16.8 Å². The maximum atomic E-state index is 13.7. The lowest BCUT2D eigenvalue weighted by Gasteiger charge is -2.16. The standard InChI is InChI=1S/C28H28N2O3/c1-5-20-12-14-21(15-13-20)30-27(31)25(22-16-11-18(3)17-19(22)4)26(28(30)32)29-23-9-7-8-10-24(23)33-6-2/h7-17,29H,5-6H2,1-4H3. The zero-order valence-corrected chi connectivity index (χ0v) is 19.4. The molecule has 1 aliphatic heterocycles. The summed E-state index contributed by atoms with van der Waals surface area (Å²) in [5.74, 6) is -0.100. The minimum atomic E-state index is -0.384. The summed E-state index contributed by atoms with van der Waals surface area (Å²) in [6.07, 6.45) is 0.884. The number of carbonyl (C=O) groups is 2. The first-order valence-corrected chi connectivity index (χ1v) is 11.2. The fraction of sp³-hybridized carbons (Fsp3) is 0.214. The third-order valence-electron chi connectivity index (χ3n) is 5.78. The second-order valence-corrected chi connectivity index (χ2v) is 8.09. The first-order valence-electron chi connectivity index (χ1n) is 11.2. The minimum absolute atomic E-state index is 0.249. The van der Waals surface area contributed by atoms with Crippen LogP contribution in [-0.2, 0) is 16.0 Å². The molecule has 168 valence electrons. The van der Waals surface area contributed by atoms with Crippen molar-refractivity contribution in [3.05, 3.63) is 94.7 Å². The van der Waals surface area contributed by atoms with Crippen molar-refractivity contribution in [3.8, 4) is 5.75 Å². The molecule has 0 bridgehead atoms. The molecule has 0 spiro atoms. The Morgan fingerprint density at radius 2 is 1.61 bits per heavy atom. The molecule has 0 radical (unpaired) electrons. The quantitative estimate of drug-likeness (QED) is 0.482.